The van der Waals surface area contributed by atoms with Crippen molar-refractivity contribution in [2.24, 2.45) is 11.7 Å². The summed E-state index contributed by atoms with van der Waals surface area (Å²) in [6, 6.07) is 24.5. The van der Waals surface area contributed by atoms with Crippen LogP contribution in [0.2, 0.25) is 0 Å². The van der Waals surface area contributed by atoms with E-state index >= 15 is 0 Å². The molecule has 12 heteroatoms. The summed E-state index contributed by atoms with van der Waals surface area (Å²) in [5.41, 5.74) is 9.64. The third-order valence-corrected chi connectivity index (χ3v) is 10.6. The van der Waals surface area contributed by atoms with E-state index in [2.05, 4.69) is 10.6 Å². The van der Waals surface area contributed by atoms with E-state index in [4.69, 9.17) is 10.5 Å². The van der Waals surface area contributed by atoms with Gasteiger partial charge in [0.05, 0.1) is 17.5 Å². The van der Waals surface area contributed by atoms with Crippen LogP contribution in [-0.2, 0) is 42.9 Å². The normalized spacial score (nSPS) is 20.2. The molecule has 1 fully saturated rings. The van der Waals surface area contributed by atoms with Crippen LogP contribution in [0, 0.1) is 5.92 Å². The van der Waals surface area contributed by atoms with Crippen molar-refractivity contribution in [3.05, 3.63) is 107 Å². The molecule has 3 aromatic carbocycles. The number of carbonyl (C=O) groups excluding carboxylic acids is 3. The molecular weight excluding hydrogens is 655 g/mol. The topological polar surface area (TPSA) is 151 Å². The Labute approximate surface area is 295 Å². The van der Waals surface area contributed by atoms with Gasteiger partial charge in [-0.25, -0.2) is 13.2 Å². The van der Waals surface area contributed by atoms with Gasteiger partial charge in [0, 0.05) is 43.7 Å². The minimum Gasteiger partial charge on any atom is -0.445 e. The molecule has 0 radical (unpaired) electrons. The first-order valence-corrected chi connectivity index (χ1v) is 19.0. The SMILES string of the molecule is CC(C)(C)NC(=O)[C@@H]1CN(C(=O)OCc2ccccc2)CCN1C[C@@H](N)C[C@@H](Cc1ccccc1)C(=O)N[C@@H]1CS(=O)(=O)Cc2ccccc21. The molecular formula is C38H49N5O6S. The summed E-state index contributed by atoms with van der Waals surface area (Å²) in [5, 5.41) is 6.09. The van der Waals surface area contributed by atoms with Gasteiger partial charge in [-0.15, -0.1) is 0 Å². The molecule has 1 saturated heterocycles. The van der Waals surface area contributed by atoms with E-state index in [1.165, 1.54) is 0 Å². The Morgan fingerprint density at radius 2 is 1.56 bits per heavy atom. The highest BCUT2D eigenvalue weighted by Gasteiger charge is 2.38. The van der Waals surface area contributed by atoms with Crippen molar-refractivity contribution in [2.75, 3.05) is 31.9 Å². The van der Waals surface area contributed by atoms with Gasteiger partial charge < -0.3 is 26.0 Å². The molecule has 0 saturated carbocycles. The number of amides is 3. The summed E-state index contributed by atoms with van der Waals surface area (Å²) in [6.45, 7) is 7.02. The zero-order valence-corrected chi connectivity index (χ0v) is 29.9. The largest absolute Gasteiger partial charge is 0.445 e. The molecule has 2 aliphatic rings. The zero-order valence-electron chi connectivity index (χ0n) is 29.1. The molecule has 0 bridgehead atoms. The number of nitrogens with two attached hydrogens (primary N) is 1. The summed E-state index contributed by atoms with van der Waals surface area (Å²) >= 11 is 0. The third-order valence-electron chi connectivity index (χ3n) is 9.05. The van der Waals surface area contributed by atoms with Crippen LogP contribution in [0.3, 0.4) is 0 Å². The fraction of sp³-hybridized carbons (Fsp3) is 0.447. The van der Waals surface area contributed by atoms with Gasteiger partial charge in [-0.2, -0.15) is 0 Å². The van der Waals surface area contributed by atoms with Gasteiger partial charge in [0.25, 0.3) is 0 Å². The van der Waals surface area contributed by atoms with Crippen LogP contribution >= 0.6 is 0 Å². The second-order valence-corrected chi connectivity index (χ2v) is 16.5. The smallest absolute Gasteiger partial charge is 0.410 e. The average molecular weight is 704 g/mol. The van der Waals surface area contributed by atoms with Crippen LogP contribution in [0.1, 0.15) is 55.5 Å². The van der Waals surface area contributed by atoms with Crippen molar-refractivity contribution >= 4 is 27.7 Å². The summed E-state index contributed by atoms with van der Waals surface area (Å²) < 4.78 is 31.1. The maximum atomic E-state index is 14.0. The molecule has 0 spiro atoms. The molecule has 4 N–H and O–H groups in total. The first kappa shape index (κ1) is 37.0. The molecule has 0 aromatic heterocycles. The van der Waals surface area contributed by atoms with Crippen LogP contribution in [0.4, 0.5) is 4.79 Å². The highest BCUT2D eigenvalue weighted by molar-refractivity contribution is 7.90. The third kappa shape index (κ3) is 10.4. The second-order valence-electron chi connectivity index (χ2n) is 14.4. The number of nitrogens with one attached hydrogen (secondary N) is 2. The Morgan fingerprint density at radius 1 is 0.920 bits per heavy atom. The lowest BCUT2D eigenvalue weighted by Crippen LogP contribution is -2.63. The van der Waals surface area contributed by atoms with Crippen molar-refractivity contribution in [1.82, 2.24) is 20.4 Å². The van der Waals surface area contributed by atoms with Gasteiger partial charge in [0.2, 0.25) is 11.8 Å². The molecule has 0 aliphatic carbocycles. The average Bonchev–Trinajstić information content (AvgIpc) is 3.06. The maximum Gasteiger partial charge on any atom is 0.410 e. The second kappa shape index (κ2) is 16.2. The fourth-order valence-electron chi connectivity index (χ4n) is 6.69. The predicted octanol–water partition coefficient (Wildman–Crippen LogP) is 3.59. The lowest BCUT2D eigenvalue weighted by atomic mass is 9.90. The molecule has 2 heterocycles. The molecule has 50 heavy (non-hydrogen) atoms. The van der Waals surface area contributed by atoms with Crippen molar-refractivity contribution in [1.29, 1.82) is 0 Å². The molecule has 5 rings (SSSR count). The number of rotatable bonds is 11. The zero-order chi connectivity index (χ0) is 35.9. The molecule has 0 unspecified atom stereocenters. The standard InChI is InChI=1S/C38H49N5O6S/c1-38(2,3)41-36(45)34-23-43(37(46)49-24-28-14-8-5-9-15-28)19-18-42(34)22-31(39)21-30(20-27-12-6-4-7-13-27)35(44)40-33-26-50(47,48)25-29-16-10-11-17-32(29)33/h4-17,30-31,33-34H,18-26,39H2,1-3H3,(H,40,44)(H,41,45)/t30-,31+,33-,34+/m1/s1. The number of hydrogen-bond acceptors (Lipinski definition) is 8. The van der Waals surface area contributed by atoms with E-state index in [0.717, 1.165) is 16.7 Å². The highest BCUT2D eigenvalue weighted by Crippen LogP contribution is 2.29. The van der Waals surface area contributed by atoms with Gasteiger partial charge in [0.15, 0.2) is 9.84 Å². The number of benzene rings is 3. The minimum atomic E-state index is -3.39. The number of fused-ring (bicyclic) bond motifs is 1. The lowest BCUT2D eigenvalue weighted by molar-refractivity contribution is -0.130. The summed E-state index contributed by atoms with van der Waals surface area (Å²) in [6.07, 6.45) is 0.225. The number of piperazine rings is 1. The van der Waals surface area contributed by atoms with Crippen molar-refractivity contribution in [3.63, 3.8) is 0 Å². The summed E-state index contributed by atoms with van der Waals surface area (Å²) in [4.78, 5) is 44.2. The van der Waals surface area contributed by atoms with Gasteiger partial charge in [-0.1, -0.05) is 84.9 Å². The van der Waals surface area contributed by atoms with Crippen LogP contribution in [0.25, 0.3) is 0 Å². The van der Waals surface area contributed by atoms with Crippen LogP contribution in [0.15, 0.2) is 84.9 Å². The first-order valence-electron chi connectivity index (χ1n) is 17.2. The van der Waals surface area contributed by atoms with E-state index in [9.17, 15) is 22.8 Å². The molecule has 3 aromatic rings. The lowest BCUT2D eigenvalue weighted by Gasteiger charge is -2.42. The molecule has 11 nitrogen and oxygen atoms in total. The Kier molecular flexibility index (Phi) is 12.0. The van der Waals surface area contributed by atoms with Crippen LogP contribution in [0.5, 0.6) is 0 Å². The van der Waals surface area contributed by atoms with Gasteiger partial charge in [-0.05, 0) is 55.9 Å². The number of sulfone groups is 1. The quantitative estimate of drug-likeness (QED) is 0.274. The van der Waals surface area contributed by atoms with E-state index in [1.54, 1.807) is 17.0 Å². The Hall–Kier alpha value is -4.26. The minimum absolute atomic E-state index is 0.0458. The Bertz CT molecular complexity index is 1730. The molecule has 3 amide bonds. The summed E-state index contributed by atoms with van der Waals surface area (Å²) in [5.74, 6) is -1.26. The number of hydrogen-bond donors (Lipinski definition) is 3. The van der Waals surface area contributed by atoms with Crippen molar-refractivity contribution < 1.29 is 27.5 Å². The molecule has 268 valence electrons. The van der Waals surface area contributed by atoms with Crippen molar-refractivity contribution in [2.45, 2.75) is 69.6 Å². The van der Waals surface area contributed by atoms with E-state index < -0.39 is 45.5 Å². The van der Waals surface area contributed by atoms with Gasteiger partial charge in [-0.3, -0.25) is 14.5 Å². The van der Waals surface area contributed by atoms with Gasteiger partial charge in [0.1, 0.15) is 12.6 Å². The first-order chi connectivity index (χ1) is 23.8. The van der Waals surface area contributed by atoms with Crippen molar-refractivity contribution in [3.8, 4) is 0 Å². The molecule has 4 atom stereocenters. The number of ether oxygens (including phenoxy) is 1. The van der Waals surface area contributed by atoms with E-state index in [1.807, 2.05) is 98.5 Å². The fourth-order valence-corrected chi connectivity index (χ4v) is 8.32. The van der Waals surface area contributed by atoms with E-state index in [0.29, 0.717) is 38.0 Å². The predicted molar refractivity (Wildman–Crippen MR) is 193 cm³/mol. The van der Waals surface area contributed by atoms with Crippen LogP contribution in [-0.4, -0.2) is 85.7 Å². The number of carbonyl (C=O) groups is 3. The van der Waals surface area contributed by atoms with Gasteiger partial charge >= 0.3 is 6.09 Å². The maximum absolute atomic E-state index is 14.0. The Balaban J connectivity index is 1.29. The van der Waals surface area contributed by atoms with E-state index in [-0.39, 0.29) is 36.5 Å². The highest BCUT2D eigenvalue weighted by atomic mass is 32.2. The number of nitrogens with zero attached hydrogens (tertiary/aromatic N) is 2. The van der Waals surface area contributed by atoms with Crippen LogP contribution < -0.4 is 16.4 Å². The summed E-state index contributed by atoms with van der Waals surface area (Å²) in [7, 11) is -3.39. The monoisotopic (exact) mass is 703 g/mol. The molecule has 2 aliphatic heterocycles. The Morgan fingerprint density at radius 3 is 2.24 bits per heavy atom.